The second-order valence-corrected chi connectivity index (χ2v) is 5.76. The van der Waals surface area contributed by atoms with E-state index in [-0.39, 0.29) is 42.2 Å². The average molecular weight is 312 g/mol. The fourth-order valence-corrected chi connectivity index (χ4v) is 3.07. The van der Waals surface area contributed by atoms with Crippen molar-refractivity contribution >= 4 is 30.7 Å². The minimum atomic E-state index is -0.0829. The van der Waals surface area contributed by atoms with Crippen LogP contribution in [0.1, 0.15) is 38.5 Å². The van der Waals surface area contributed by atoms with Gasteiger partial charge in [0.2, 0.25) is 5.91 Å². The lowest BCUT2D eigenvalue weighted by Gasteiger charge is -2.33. The molecule has 2 aliphatic rings. The Bertz CT molecular complexity index is 275. The van der Waals surface area contributed by atoms with Crippen molar-refractivity contribution in [3.05, 3.63) is 0 Å². The van der Waals surface area contributed by atoms with Crippen molar-refractivity contribution in [1.29, 1.82) is 0 Å². The van der Waals surface area contributed by atoms with Gasteiger partial charge in [-0.15, -0.1) is 24.8 Å². The summed E-state index contributed by atoms with van der Waals surface area (Å²) < 4.78 is 0. The second-order valence-electron chi connectivity index (χ2n) is 5.76. The zero-order chi connectivity index (χ0) is 12.3. The van der Waals surface area contributed by atoms with Crippen molar-refractivity contribution in [2.45, 2.75) is 44.1 Å². The van der Waals surface area contributed by atoms with E-state index in [1.807, 2.05) is 0 Å². The number of likely N-dealkylation sites (tertiary alicyclic amines) is 1. The Morgan fingerprint density at radius 2 is 1.79 bits per heavy atom. The van der Waals surface area contributed by atoms with Crippen LogP contribution in [0.4, 0.5) is 0 Å². The summed E-state index contributed by atoms with van der Waals surface area (Å²) in [5.41, 5.74) is 5.76. The Morgan fingerprint density at radius 3 is 2.26 bits per heavy atom. The Kier molecular flexibility index (Phi) is 8.29. The molecule has 0 atom stereocenters. The predicted octanol–water partition coefficient (Wildman–Crippen LogP) is 1.56. The van der Waals surface area contributed by atoms with Gasteiger partial charge in [-0.1, -0.05) is 12.8 Å². The van der Waals surface area contributed by atoms with Gasteiger partial charge in [0.05, 0.1) is 5.54 Å². The number of carbonyl (C=O) groups excluding carboxylic acids is 1. The van der Waals surface area contributed by atoms with Crippen LogP contribution in [0.3, 0.4) is 0 Å². The molecule has 1 saturated heterocycles. The predicted molar refractivity (Wildman–Crippen MR) is 83.1 cm³/mol. The molecule has 4 nitrogen and oxygen atoms in total. The Morgan fingerprint density at radius 1 is 1.26 bits per heavy atom. The molecule has 114 valence electrons. The molecule has 0 aromatic rings. The molecule has 1 saturated carbocycles. The molecule has 0 aromatic heterocycles. The first kappa shape index (κ1) is 19.0. The molecule has 1 heterocycles. The lowest BCUT2D eigenvalue weighted by atomic mass is 9.92. The average Bonchev–Trinajstić information content (AvgIpc) is 2.79. The molecular weight excluding hydrogens is 285 g/mol. The number of amides is 1. The lowest BCUT2D eigenvalue weighted by Crippen LogP contribution is -2.54. The van der Waals surface area contributed by atoms with Crippen molar-refractivity contribution in [3.63, 3.8) is 0 Å². The highest BCUT2D eigenvalue weighted by molar-refractivity contribution is 5.85. The Balaban J connectivity index is 0.00000162. The Hall–Kier alpha value is -0.0300. The summed E-state index contributed by atoms with van der Waals surface area (Å²) >= 11 is 0. The number of nitrogens with zero attached hydrogens (tertiary/aromatic N) is 1. The molecule has 19 heavy (non-hydrogen) atoms. The van der Waals surface area contributed by atoms with Crippen molar-refractivity contribution in [1.82, 2.24) is 10.2 Å². The first-order chi connectivity index (χ1) is 8.15. The van der Waals surface area contributed by atoms with Gasteiger partial charge >= 0.3 is 0 Å². The molecule has 2 fully saturated rings. The van der Waals surface area contributed by atoms with Crippen LogP contribution in [0.25, 0.3) is 0 Å². The number of carbonyl (C=O) groups is 1. The zero-order valence-corrected chi connectivity index (χ0v) is 13.3. The largest absolute Gasteiger partial charge is 0.349 e. The third kappa shape index (κ3) is 4.78. The fraction of sp³-hybridized carbons (Fsp3) is 0.923. The highest BCUT2D eigenvalue weighted by atomic mass is 35.5. The first-order valence-corrected chi connectivity index (χ1v) is 6.86. The minimum Gasteiger partial charge on any atom is -0.349 e. The molecule has 0 aromatic carbocycles. The molecule has 6 heteroatoms. The van der Waals surface area contributed by atoms with Crippen molar-refractivity contribution in [2.24, 2.45) is 11.7 Å². The van der Waals surface area contributed by atoms with Crippen LogP contribution in [-0.2, 0) is 4.79 Å². The third-order valence-corrected chi connectivity index (χ3v) is 4.43. The molecule has 1 amide bonds. The van der Waals surface area contributed by atoms with E-state index in [0.29, 0.717) is 6.54 Å². The number of hydrogen-bond donors (Lipinski definition) is 2. The Labute approximate surface area is 128 Å². The third-order valence-electron chi connectivity index (χ3n) is 4.43. The lowest BCUT2D eigenvalue weighted by molar-refractivity contribution is -0.128. The second kappa shape index (κ2) is 8.30. The van der Waals surface area contributed by atoms with Gasteiger partial charge in [-0.3, -0.25) is 4.79 Å². The number of nitrogens with two attached hydrogens (primary N) is 1. The molecule has 0 unspecified atom stereocenters. The normalized spacial score (nSPS) is 23.3. The van der Waals surface area contributed by atoms with E-state index in [2.05, 4.69) is 17.3 Å². The summed E-state index contributed by atoms with van der Waals surface area (Å²) in [6.07, 6.45) is 6.49. The molecule has 1 aliphatic carbocycles. The summed E-state index contributed by atoms with van der Waals surface area (Å²) in [4.78, 5) is 14.5. The summed E-state index contributed by atoms with van der Waals surface area (Å²) in [5.74, 6) is 0.445. The van der Waals surface area contributed by atoms with Crippen molar-refractivity contribution < 1.29 is 4.79 Å². The van der Waals surface area contributed by atoms with Crippen LogP contribution in [-0.4, -0.2) is 43.0 Å². The molecule has 3 N–H and O–H groups in total. The summed E-state index contributed by atoms with van der Waals surface area (Å²) in [5, 5.41) is 3.24. The van der Waals surface area contributed by atoms with Gasteiger partial charge < -0.3 is 16.0 Å². The van der Waals surface area contributed by atoms with Crippen LogP contribution in [0.15, 0.2) is 0 Å². The highest BCUT2D eigenvalue weighted by Crippen LogP contribution is 2.29. The number of hydrogen-bond acceptors (Lipinski definition) is 3. The number of piperidine rings is 1. The van der Waals surface area contributed by atoms with Gasteiger partial charge in [0.15, 0.2) is 0 Å². The van der Waals surface area contributed by atoms with Gasteiger partial charge in [-0.2, -0.15) is 0 Å². The van der Waals surface area contributed by atoms with Gasteiger partial charge in [-0.25, -0.2) is 0 Å². The van der Waals surface area contributed by atoms with Crippen molar-refractivity contribution in [2.75, 3.05) is 26.7 Å². The number of rotatable bonds is 3. The molecule has 0 spiro atoms. The summed E-state index contributed by atoms with van der Waals surface area (Å²) in [6.45, 7) is 2.66. The van der Waals surface area contributed by atoms with Gasteiger partial charge in [0.1, 0.15) is 0 Å². The standard InChI is InChI=1S/C13H25N3O.2ClH/c1-16-8-4-11(5-9-16)12(17)15-13(10-14)6-2-3-7-13;;/h11H,2-10,14H2,1H3,(H,15,17);2*1H. The van der Waals surface area contributed by atoms with Gasteiger partial charge in [0.25, 0.3) is 0 Å². The van der Waals surface area contributed by atoms with Gasteiger partial charge in [-0.05, 0) is 45.8 Å². The maximum Gasteiger partial charge on any atom is 0.223 e. The topological polar surface area (TPSA) is 58.4 Å². The highest BCUT2D eigenvalue weighted by Gasteiger charge is 2.36. The minimum absolute atomic E-state index is 0. The molecule has 0 radical (unpaired) electrons. The van der Waals surface area contributed by atoms with Crippen LogP contribution < -0.4 is 11.1 Å². The van der Waals surface area contributed by atoms with E-state index in [9.17, 15) is 4.79 Å². The maximum absolute atomic E-state index is 12.2. The summed E-state index contributed by atoms with van der Waals surface area (Å²) in [6, 6.07) is 0. The van der Waals surface area contributed by atoms with Crippen LogP contribution >= 0.6 is 24.8 Å². The van der Waals surface area contributed by atoms with E-state index >= 15 is 0 Å². The van der Waals surface area contributed by atoms with E-state index in [1.54, 1.807) is 0 Å². The molecule has 2 rings (SSSR count). The number of halogens is 2. The van der Waals surface area contributed by atoms with Crippen LogP contribution in [0, 0.1) is 5.92 Å². The van der Waals surface area contributed by atoms with E-state index in [4.69, 9.17) is 5.73 Å². The quantitative estimate of drug-likeness (QED) is 0.831. The maximum atomic E-state index is 12.2. The SMILES string of the molecule is CN1CCC(C(=O)NC2(CN)CCCC2)CC1.Cl.Cl. The molecule has 0 bridgehead atoms. The fourth-order valence-electron chi connectivity index (χ4n) is 3.07. The molecule has 1 aliphatic heterocycles. The monoisotopic (exact) mass is 311 g/mol. The molecular formula is C13H27Cl2N3O. The van der Waals surface area contributed by atoms with Crippen LogP contribution in [0.5, 0.6) is 0 Å². The van der Waals surface area contributed by atoms with E-state index < -0.39 is 0 Å². The van der Waals surface area contributed by atoms with Crippen LogP contribution in [0.2, 0.25) is 0 Å². The van der Waals surface area contributed by atoms with E-state index in [1.165, 1.54) is 12.8 Å². The van der Waals surface area contributed by atoms with E-state index in [0.717, 1.165) is 38.8 Å². The first-order valence-electron chi connectivity index (χ1n) is 6.86. The van der Waals surface area contributed by atoms with Gasteiger partial charge in [0, 0.05) is 12.5 Å². The van der Waals surface area contributed by atoms with Crippen molar-refractivity contribution in [3.8, 4) is 0 Å². The zero-order valence-electron chi connectivity index (χ0n) is 11.7. The smallest absolute Gasteiger partial charge is 0.223 e. The summed E-state index contributed by atoms with van der Waals surface area (Å²) in [7, 11) is 2.12. The number of nitrogens with one attached hydrogen (secondary N) is 1.